The summed E-state index contributed by atoms with van der Waals surface area (Å²) in [5, 5.41) is 11.2. The summed E-state index contributed by atoms with van der Waals surface area (Å²) in [5.41, 5.74) is 3.53. The number of hydrogen-bond donors (Lipinski definition) is 2. The topological polar surface area (TPSA) is 99.5 Å². The SMILES string of the molecule is CCOc1ccc(-c2nc3n(n2)C(c2ccc(OCC)c(OC)c2)C(C(=O)Nc2ccccc2)=C(C)N3)cc1. The van der Waals surface area contributed by atoms with E-state index in [1.165, 1.54) is 0 Å². The average molecular weight is 526 g/mol. The number of hydrogen-bond acceptors (Lipinski definition) is 7. The first kappa shape index (κ1) is 25.8. The lowest BCUT2D eigenvalue weighted by Crippen LogP contribution is -2.31. The van der Waals surface area contributed by atoms with Gasteiger partial charge in [0.1, 0.15) is 11.8 Å². The van der Waals surface area contributed by atoms with Gasteiger partial charge in [0.2, 0.25) is 5.95 Å². The van der Waals surface area contributed by atoms with E-state index >= 15 is 0 Å². The van der Waals surface area contributed by atoms with Crippen LogP contribution in [0.15, 0.2) is 84.1 Å². The van der Waals surface area contributed by atoms with Crippen molar-refractivity contribution in [1.82, 2.24) is 14.8 Å². The molecule has 0 saturated heterocycles. The van der Waals surface area contributed by atoms with Gasteiger partial charge in [-0.15, -0.1) is 5.10 Å². The molecule has 1 aliphatic rings. The zero-order valence-corrected chi connectivity index (χ0v) is 22.4. The number of amides is 1. The van der Waals surface area contributed by atoms with E-state index in [0.717, 1.165) is 16.9 Å². The number of fused-ring (bicyclic) bond motifs is 1. The molecule has 1 amide bonds. The summed E-state index contributed by atoms with van der Waals surface area (Å²) in [6, 6.07) is 22.1. The molecule has 0 spiro atoms. The van der Waals surface area contributed by atoms with Crippen molar-refractivity contribution in [3.63, 3.8) is 0 Å². The Hall–Kier alpha value is -4.79. The van der Waals surface area contributed by atoms with Gasteiger partial charge in [-0.3, -0.25) is 4.79 Å². The molecule has 5 rings (SSSR count). The number of nitrogens with zero attached hydrogens (tertiary/aromatic N) is 3. The molecule has 39 heavy (non-hydrogen) atoms. The zero-order chi connectivity index (χ0) is 27.4. The third-order valence-corrected chi connectivity index (χ3v) is 6.36. The van der Waals surface area contributed by atoms with Crippen LogP contribution >= 0.6 is 0 Å². The molecule has 0 bridgehead atoms. The van der Waals surface area contributed by atoms with Crippen molar-refractivity contribution in [2.75, 3.05) is 31.0 Å². The van der Waals surface area contributed by atoms with Gasteiger partial charge in [-0.05, 0) is 74.9 Å². The van der Waals surface area contributed by atoms with Gasteiger partial charge in [-0.1, -0.05) is 24.3 Å². The Morgan fingerprint density at radius 2 is 1.72 bits per heavy atom. The quantitative estimate of drug-likeness (QED) is 0.290. The smallest absolute Gasteiger partial charge is 0.255 e. The fourth-order valence-electron chi connectivity index (χ4n) is 4.59. The maximum Gasteiger partial charge on any atom is 0.255 e. The van der Waals surface area contributed by atoms with E-state index in [0.29, 0.717) is 53.4 Å². The Morgan fingerprint density at radius 3 is 2.41 bits per heavy atom. The van der Waals surface area contributed by atoms with Crippen molar-refractivity contribution in [2.24, 2.45) is 0 Å². The molecule has 4 aromatic rings. The monoisotopic (exact) mass is 525 g/mol. The number of anilines is 2. The third kappa shape index (κ3) is 5.29. The Balaban J connectivity index is 1.59. The first-order valence-electron chi connectivity index (χ1n) is 12.9. The summed E-state index contributed by atoms with van der Waals surface area (Å²) in [6.45, 7) is 6.83. The number of ether oxygens (including phenoxy) is 3. The predicted molar refractivity (Wildman–Crippen MR) is 150 cm³/mol. The van der Waals surface area contributed by atoms with Crippen LogP contribution in [0.5, 0.6) is 17.2 Å². The van der Waals surface area contributed by atoms with Crippen molar-refractivity contribution in [1.29, 1.82) is 0 Å². The minimum absolute atomic E-state index is 0.243. The maximum atomic E-state index is 13.7. The van der Waals surface area contributed by atoms with Crippen molar-refractivity contribution in [3.8, 4) is 28.6 Å². The van der Waals surface area contributed by atoms with Gasteiger partial charge in [0.05, 0.1) is 25.9 Å². The lowest BCUT2D eigenvalue weighted by atomic mass is 9.94. The predicted octanol–water partition coefficient (Wildman–Crippen LogP) is 5.68. The van der Waals surface area contributed by atoms with Crippen molar-refractivity contribution in [2.45, 2.75) is 26.8 Å². The molecule has 9 nitrogen and oxygen atoms in total. The molecular formula is C30H31N5O4. The first-order valence-corrected chi connectivity index (χ1v) is 12.9. The third-order valence-electron chi connectivity index (χ3n) is 6.36. The number of methoxy groups -OCH3 is 1. The second-order valence-corrected chi connectivity index (χ2v) is 8.89. The fourth-order valence-corrected chi connectivity index (χ4v) is 4.59. The Morgan fingerprint density at radius 1 is 0.974 bits per heavy atom. The minimum atomic E-state index is -0.571. The molecule has 1 atom stereocenters. The van der Waals surface area contributed by atoms with Crippen LogP contribution in [-0.2, 0) is 4.79 Å². The van der Waals surface area contributed by atoms with Crippen LogP contribution < -0.4 is 24.8 Å². The molecule has 2 N–H and O–H groups in total. The van der Waals surface area contributed by atoms with Gasteiger partial charge in [0.15, 0.2) is 17.3 Å². The van der Waals surface area contributed by atoms with Crippen molar-refractivity contribution >= 4 is 17.5 Å². The van der Waals surface area contributed by atoms with E-state index in [4.69, 9.17) is 24.3 Å². The number of aromatic nitrogens is 3. The molecule has 1 unspecified atom stereocenters. The normalized spacial score (nSPS) is 14.3. The standard InChI is InChI=1S/C30H31N5O4/c1-5-38-23-15-12-20(13-16-23)28-33-30-31-19(3)26(29(36)32-22-10-8-7-9-11-22)27(35(30)34-28)21-14-17-24(39-6-2)25(18-21)37-4/h7-18,27H,5-6H2,1-4H3,(H,32,36)(H,31,33,34). The Bertz CT molecular complexity index is 1500. The molecule has 9 heteroatoms. The Kier molecular flexibility index (Phi) is 7.49. The summed E-state index contributed by atoms with van der Waals surface area (Å²) < 4.78 is 18.7. The Labute approximate surface area is 227 Å². The number of carbonyl (C=O) groups is 1. The number of para-hydroxylation sites is 1. The van der Waals surface area contributed by atoms with Gasteiger partial charge in [0.25, 0.3) is 5.91 Å². The van der Waals surface area contributed by atoms with Gasteiger partial charge < -0.3 is 24.8 Å². The first-order chi connectivity index (χ1) is 19.0. The highest BCUT2D eigenvalue weighted by molar-refractivity contribution is 6.06. The van der Waals surface area contributed by atoms with Crippen LogP contribution in [0.1, 0.15) is 32.4 Å². The number of allylic oxidation sites excluding steroid dienone is 1. The van der Waals surface area contributed by atoms with Crippen LogP contribution in [0.2, 0.25) is 0 Å². The number of rotatable bonds is 9. The van der Waals surface area contributed by atoms with Crippen molar-refractivity contribution < 1.29 is 19.0 Å². The van der Waals surface area contributed by atoms with E-state index in [9.17, 15) is 4.79 Å². The summed E-state index contributed by atoms with van der Waals surface area (Å²) >= 11 is 0. The molecule has 3 aromatic carbocycles. The molecule has 0 saturated carbocycles. The van der Waals surface area contributed by atoms with Gasteiger partial charge >= 0.3 is 0 Å². The molecule has 0 fully saturated rings. The lowest BCUT2D eigenvalue weighted by molar-refractivity contribution is -0.113. The summed E-state index contributed by atoms with van der Waals surface area (Å²) in [7, 11) is 1.60. The van der Waals surface area contributed by atoms with E-state index in [1.807, 2.05) is 93.6 Å². The number of benzene rings is 3. The summed E-state index contributed by atoms with van der Waals surface area (Å²) in [4.78, 5) is 18.5. The van der Waals surface area contributed by atoms with E-state index in [2.05, 4.69) is 10.6 Å². The summed E-state index contributed by atoms with van der Waals surface area (Å²) in [5.74, 6) is 2.80. The average Bonchev–Trinajstić information content (AvgIpc) is 3.37. The molecule has 1 aromatic heterocycles. The summed E-state index contributed by atoms with van der Waals surface area (Å²) in [6.07, 6.45) is 0. The van der Waals surface area contributed by atoms with Gasteiger partial charge in [-0.25, -0.2) is 4.68 Å². The highest BCUT2D eigenvalue weighted by Crippen LogP contribution is 2.40. The van der Waals surface area contributed by atoms with Gasteiger partial charge in [-0.2, -0.15) is 4.98 Å². The molecule has 0 radical (unpaired) electrons. The maximum absolute atomic E-state index is 13.7. The molecule has 1 aliphatic heterocycles. The highest BCUT2D eigenvalue weighted by Gasteiger charge is 2.35. The van der Waals surface area contributed by atoms with Gasteiger partial charge in [0, 0.05) is 16.9 Å². The van der Waals surface area contributed by atoms with E-state index in [1.54, 1.807) is 11.8 Å². The van der Waals surface area contributed by atoms with E-state index in [-0.39, 0.29) is 5.91 Å². The zero-order valence-electron chi connectivity index (χ0n) is 22.4. The molecule has 200 valence electrons. The largest absolute Gasteiger partial charge is 0.494 e. The van der Waals surface area contributed by atoms with Crippen LogP contribution in [-0.4, -0.2) is 41.0 Å². The second kappa shape index (κ2) is 11.3. The van der Waals surface area contributed by atoms with Crippen LogP contribution in [0.4, 0.5) is 11.6 Å². The minimum Gasteiger partial charge on any atom is -0.494 e. The molecule has 2 heterocycles. The fraction of sp³-hybridized carbons (Fsp3) is 0.233. The van der Waals surface area contributed by atoms with Crippen LogP contribution in [0.25, 0.3) is 11.4 Å². The number of carbonyl (C=O) groups excluding carboxylic acids is 1. The molecular weight excluding hydrogens is 494 g/mol. The van der Waals surface area contributed by atoms with E-state index < -0.39 is 6.04 Å². The van der Waals surface area contributed by atoms with Crippen LogP contribution in [0, 0.1) is 0 Å². The lowest BCUT2D eigenvalue weighted by Gasteiger charge is -2.29. The highest BCUT2D eigenvalue weighted by atomic mass is 16.5. The number of nitrogens with one attached hydrogen (secondary N) is 2. The second-order valence-electron chi connectivity index (χ2n) is 8.89. The van der Waals surface area contributed by atoms with Crippen LogP contribution in [0.3, 0.4) is 0 Å². The molecule has 0 aliphatic carbocycles. The van der Waals surface area contributed by atoms with Crippen molar-refractivity contribution in [3.05, 3.63) is 89.6 Å².